The molecule has 0 saturated carbocycles. The Morgan fingerprint density at radius 3 is 2.75 bits per heavy atom. The second-order valence-corrected chi connectivity index (χ2v) is 5.55. The van der Waals surface area contributed by atoms with Crippen LogP contribution >= 0.6 is 15.9 Å². The highest BCUT2D eigenvalue weighted by atomic mass is 79.9. The fourth-order valence-electron chi connectivity index (χ4n) is 2.28. The second-order valence-electron chi connectivity index (χ2n) is 4.69. The number of hydrogen-bond acceptors (Lipinski definition) is 2. The smallest absolute Gasteiger partial charge is 0.126 e. The number of rotatable bonds is 5. The molecule has 0 aliphatic heterocycles. The Labute approximate surface area is 127 Å². The van der Waals surface area contributed by atoms with Gasteiger partial charge in [-0.1, -0.05) is 19.1 Å². The maximum atomic E-state index is 13.8. The van der Waals surface area contributed by atoms with Gasteiger partial charge in [-0.25, -0.2) is 4.39 Å². The lowest BCUT2D eigenvalue weighted by Gasteiger charge is -2.20. The first-order valence-corrected chi connectivity index (χ1v) is 7.58. The lowest BCUT2D eigenvalue weighted by molar-refractivity contribution is 0.536. The maximum absolute atomic E-state index is 13.8. The summed E-state index contributed by atoms with van der Waals surface area (Å²) < 4.78 is 16.7. The van der Waals surface area contributed by atoms with E-state index >= 15 is 0 Å². The van der Waals surface area contributed by atoms with Crippen LogP contribution in [0.1, 0.15) is 36.7 Å². The molecular formula is C15H19BrFN3. The zero-order valence-corrected chi connectivity index (χ0v) is 13.5. The van der Waals surface area contributed by atoms with E-state index in [2.05, 4.69) is 26.3 Å². The molecule has 0 aliphatic rings. The fourth-order valence-corrected chi connectivity index (χ4v) is 2.80. The summed E-state index contributed by atoms with van der Waals surface area (Å²) in [5.74, 6) is -0.177. The molecule has 2 rings (SSSR count). The molecule has 1 unspecified atom stereocenters. The highest BCUT2D eigenvalue weighted by Crippen LogP contribution is 2.29. The van der Waals surface area contributed by atoms with Crippen molar-refractivity contribution in [2.24, 2.45) is 0 Å². The minimum atomic E-state index is -0.177. The zero-order valence-electron chi connectivity index (χ0n) is 12.0. The number of nitrogens with one attached hydrogen (secondary N) is 1. The second kappa shape index (κ2) is 6.50. The molecule has 2 aromatic rings. The van der Waals surface area contributed by atoms with Gasteiger partial charge in [0, 0.05) is 6.54 Å². The standard InChI is InChI=1S/C15H19BrFN3/c1-4-18-14(11-7-6-10(3)13(17)8-11)15-12(16)9-19-20(15)5-2/h6-9,14,18H,4-5H2,1-3H3. The molecule has 20 heavy (non-hydrogen) atoms. The average molecular weight is 340 g/mol. The first kappa shape index (κ1) is 15.2. The summed E-state index contributed by atoms with van der Waals surface area (Å²) in [6, 6.07) is 5.30. The molecule has 0 radical (unpaired) electrons. The highest BCUT2D eigenvalue weighted by molar-refractivity contribution is 9.10. The Morgan fingerprint density at radius 1 is 1.40 bits per heavy atom. The minimum absolute atomic E-state index is 0.0769. The van der Waals surface area contributed by atoms with E-state index < -0.39 is 0 Å². The van der Waals surface area contributed by atoms with Crippen LogP contribution in [0.5, 0.6) is 0 Å². The number of benzene rings is 1. The van der Waals surface area contributed by atoms with Crippen molar-refractivity contribution < 1.29 is 4.39 Å². The third kappa shape index (κ3) is 2.94. The van der Waals surface area contributed by atoms with E-state index in [0.29, 0.717) is 5.56 Å². The monoisotopic (exact) mass is 339 g/mol. The Hall–Kier alpha value is -1.20. The van der Waals surface area contributed by atoms with Gasteiger partial charge in [0.2, 0.25) is 0 Å². The van der Waals surface area contributed by atoms with Crippen molar-refractivity contribution in [3.05, 3.63) is 51.5 Å². The average Bonchev–Trinajstić information content (AvgIpc) is 2.80. The molecule has 0 spiro atoms. The van der Waals surface area contributed by atoms with E-state index in [1.165, 1.54) is 0 Å². The van der Waals surface area contributed by atoms with Crippen LogP contribution < -0.4 is 5.32 Å². The van der Waals surface area contributed by atoms with Gasteiger partial charge < -0.3 is 5.32 Å². The molecular weight excluding hydrogens is 321 g/mol. The van der Waals surface area contributed by atoms with E-state index in [4.69, 9.17) is 0 Å². The summed E-state index contributed by atoms with van der Waals surface area (Å²) in [4.78, 5) is 0. The molecule has 1 aromatic heterocycles. The molecule has 108 valence electrons. The van der Waals surface area contributed by atoms with Crippen LogP contribution in [0.25, 0.3) is 0 Å². The van der Waals surface area contributed by atoms with Crippen molar-refractivity contribution in [2.75, 3.05) is 6.54 Å². The van der Waals surface area contributed by atoms with Crippen molar-refractivity contribution in [1.82, 2.24) is 15.1 Å². The van der Waals surface area contributed by atoms with Gasteiger partial charge in [0.15, 0.2) is 0 Å². The number of aromatic nitrogens is 2. The molecule has 0 fully saturated rings. The molecule has 5 heteroatoms. The van der Waals surface area contributed by atoms with Crippen molar-refractivity contribution in [1.29, 1.82) is 0 Å². The maximum Gasteiger partial charge on any atom is 0.126 e. The van der Waals surface area contributed by atoms with Gasteiger partial charge in [0.25, 0.3) is 0 Å². The van der Waals surface area contributed by atoms with Crippen molar-refractivity contribution in [2.45, 2.75) is 33.4 Å². The molecule has 3 nitrogen and oxygen atoms in total. The van der Waals surface area contributed by atoms with Gasteiger partial charge in [-0.3, -0.25) is 4.68 Å². The normalized spacial score (nSPS) is 12.7. The van der Waals surface area contributed by atoms with Crippen LogP contribution in [0.15, 0.2) is 28.9 Å². The molecule has 1 atom stereocenters. The van der Waals surface area contributed by atoms with Crippen LogP contribution in [-0.2, 0) is 6.54 Å². The largest absolute Gasteiger partial charge is 0.305 e. The van der Waals surface area contributed by atoms with Crippen LogP contribution in [-0.4, -0.2) is 16.3 Å². The number of halogens is 2. The fraction of sp³-hybridized carbons (Fsp3) is 0.400. The van der Waals surface area contributed by atoms with E-state index in [9.17, 15) is 4.39 Å². The number of aryl methyl sites for hydroxylation is 2. The van der Waals surface area contributed by atoms with Gasteiger partial charge in [0.05, 0.1) is 22.4 Å². The summed E-state index contributed by atoms with van der Waals surface area (Å²) >= 11 is 3.54. The Kier molecular flexibility index (Phi) is 4.94. The number of nitrogens with zero attached hydrogens (tertiary/aromatic N) is 2. The van der Waals surface area contributed by atoms with Crippen LogP contribution in [0.2, 0.25) is 0 Å². The highest BCUT2D eigenvalue weighted by Gasteiger charge is 2.21. The number of hydrogen-bond donors (Lipinski definition) is 1. The molecule has 1 heterocycles. The topological polar surface area (TPSA) is 29.9 Å². The van der Waals surface area contributed by atoms with Gasteiger partial charge >= 0.3 is 0 Å². The van der Waals surface area contributed by atoms with E-state index in [1.807, 2.05) is 30.7 Å². The van der Waals surface area contributed by atoms with E-state index in [0.717, 1.165) is 28.8 Å². The van der Waals surface area contributed by atoms with Gasteiger partial charge in [0.1, 0.15) is 5.82 Å². The molecule has 0 aliphatic carbocycles. The van der Waals surface area contributed by atoms with Crippen LogP contribution in [0.3, 0.4) is 0 Å². The Bertz CT molecular complexity index is 595. The van der Waals surface area contributed by atoms with Crippen molar-refractivity contribution in [3.63, 3.8) is 0 Å². The SMILES string of the molecule is CCNC(c1ccc(C)c(F)c1)c1c(Br)cnn1CC. The summed E-state index contributed by atoms with van der Waals surface area (Å²) in [6.45, 7) is 7.42. The summed E-state index contributed by atoms with van der Waals surface area (Å²) in [5.41, 5.74) is 2.59. The minimum Gasteiger partial charge on any atom is -0.305 e. The summed E-state index contributed by atoms with van der Waals surface area (Å²) in [7, 11) is 0. The summed E-state index contributed by atoms with van der Waals surface area (Å²) in [5, 5.41) is 7.74. The van der Waals surface area contributed by atoms with Crippen LogP contribution in [0.4, 0.5) is 4.39 Å². The zero-order chi connectivity index (χ0) is 14.7. The molecule has 0 amide bonds. The molecule has 0 saturated heterocycles. The summed E-state index contributed by atoms with van der Waals surface area (Å²) in [6.07, 6.45) is 1.79. The Morgan fingerprint density at radius 2 is 2.15 bits per heavy atom. The van der Waals surface area contributed by atoms with Gasteiger partial charge in [-0.15, -0.1) is 0 Å². The van der Waals surface area contributed by atoms with Crippen LogP contribution in [0, 0.1) is 12.7 Å². The van der Waals surface area contributed by atoms with E-state index in [-0.39, 0.29) is 11.9 Å². The lowest BCUT2D eigenvalue weighted by Crippen LogP contribution is -2.25. The van der Waals surface area contributed by atoms with E-state index in [1.54, 1.807) is 19.2 Å². The first-order valence-electron chi connectivity index (χ1n) is 6.79. The quantitative estimate of drug-likeness (QED) is 0.897. The van der Waals surface area contributed by atoms with Crippen molar-refractivity contribution >= 4 is 15.9 Å². The molecule has 0 bridgehead atoms. The Balaban J connectivity index is 2.49. The van der Waals surface area contributed by atoms with Crippen molar-refractivity contribution in [3.8, 4) is 0 Å². The third-order valence-electron chi connectivity index (χ3n) is 3.34. The van der Waals surface area contributed by atoms with Gasteiger partial charge in [-0.05, 0) is 53.5 Å². The molecule has 1 N–H and O–H groups in total. The van der Waals surface area contributed by atoms with Gasteiger partial charge in [-0.2, -0.15) is 5.10 Å². The third-order valence-corrected chi connectivity index (χ3v) is 3.95. The predicted molar refractivity (Wildman–Crippen MR) is 82.3 cm³/mol. The molecule has 1 aromatic carbocycles. The first-order chi connectivity index (χ1) is 9.58. The predicted octanol–water partition coefficient (Wildman–Crippen LogP) is 3.81. The lowest BCUT2D eigenvalue weighted by atomic mass is 10.0.